The maximum absolute atomic E-state index is 5.99. The van der Waals surface area contributed by atoms with Crippen molar-refractivity contribution in [2.75, 3.05) is 6.54 Å². The van der Waals surface area contributed by atoms with Crippen molar-refractivity contribution in [3.05, 3.63) is 34.5 Å². The van der Waals surface area contributed by atoms with E-state index in [0.717, 1.165) is 0 Å². The number of aromatic nitrogens is 1. The Bertz CT molecular complexity index is 603. The topological polar surface area (TPSA) is 30.9 Å². The number of benzene rings is 1. The fraction of sp³-hybridized carbons (Fsp3) is 0.500. The molecule has 1 heterocycles. The van der Waals surface area contributed by atoms with Gasteiger partial charge in [-0.2, -0.15) is 0 Å². The van der Waals surface area contributed by atoms with Crippen LogP contribution in [0.3, 0.4) is 0 Å². The van der Waals surface area contributed by atoms with Crippen molar-refractivity contribution in [1.29, 1.82) is 0 Å². The Morgan fingerprint density at radius 3 is 2.22 bits per heavy atom. The van der Waals surface area contributed by atoms with Crippen LogP contribution in [-0.2, 0) is 12.5 Å². The minimum atomic E-state index is 0.0160. The normalized spacial score (nSPS) is 12.4. The molecule has 18 heavy (non-hydrogen) atoms. The van der Waals surface area contributed by atoms with Crippen LogP contribution in [0.4, 0.5) is 0 Å². The number of fused-ring (bicyclic) bond motifs is 1. The molecule has 2 rings (SSSR count). The lowest BCUT2D eigenvalue weighted by atomic mass is 9.82. The van der Waals surface area contributed by atoms with Crippen molar-refractivity contribution in [1.82, 2.24) is 4.57 Å². The van der Waals surface area contributed by atoms with Gasteiger partial charge in [0, 0.05) is 30.1 Å². The Labute approximate surface area is 110 Å². The summed E-state index contributed by atoms with van der Waals surface area (Å²) in [5.41, 5.74) is 12.8. The highest BCUT2D eigenvalue weighted by atomic mass is 15.0. The molecule has 0 saturated carbocycles. The van der Waals surface area contributed by atoms with Gasteiger partial charge in [-0.25, -0.2) is 0 Å². The molecule has 0 spiro atoms. The van der Waals surface area contributed by atoms with Gasteiger partial charge in [0.2, 0.25) is 0 Å². The zero-order valence-corrected chi connectivity index (χ0v) is 12.4. The molecule has 1 aromatic carbocycles. The second kappa shape index (κ2) is 4.13. The van der Waals surface area contributed by atoms with Crippen molar-refractivity contribution in [3.63, 3.8) is 0 Å². The summed E-state index contributed by atoms with van der Waals surface area (Å²) in [5, 5.41) is 1.39. The standard InChI is InChI=1S/C16H24N2/c1-10-7-8-11(2)15-13(10)14(12(3)18(15)6)16(4,5)9-17/h7-8H,9,17H2,1-6H3. The molecule has 0 aliphatic carbocycles. The van der Waals surface area contributed by atoms with Gasteiger partial charge in [-0.3, -0.25) is 0 Å². The highest BCUT2D eigenvalue weighted by Gasteiger charge is 2.27. The highest BCUT2D eigenvalue weighted by Crippen LogP contribution is 2.37. The van der Waals surface area contributed by atoms with Crippen LogP contribution < -0.4 is 5.73 Å². The molecule has 0 radical (unpaired) electrons. The molecule has 2 nitrogen and oxygen atoms in total. The van der Waals surface area contributed by atoms with E-state index >= 15 is 0 Å². The third-order valence-electron chi connectivity index (χ3n) is 4.23. The number of nitrogens with zero attached hydrogens (tertiary/aromatic N) is 1. The molecule has 2 N–H and O–H groups in total. The van der Waals surface area contributed by atoms with Gasteiger partial charge < -0.3 is 10.3 Å². The maximum atomic E-state index is 5.99. The molecule has 0 fully saturated rings. The fourth-order valence-electron chi connectivity index (χ4n) is 2.99. The minimum absolute atomic E-state index is 0.0160. The smallest absolute Gasteiger partial charge is 0.0515 e. The molecule has 0 amide bonds. The van der Waals surface area contributed by atoms with Crippen LogP contribution in [0, 0.1) is 20.8 Å². The average Bonchev–Trinajstić information content (AvgIpc) is 2.59. The summed E-state index contributed by atoms with van der Waals surface area (Å²) in [6.45, 7) is 11.7. The second-order valence-corrected chi connectivity index (χ2v) is 6.03. The van der Waals surface area contributed by atoms with Gasteiger partial charge >= 0.3 is 0 Å². The van der Waals surface area contributed by atoms with E-state index in [9.17, 15) is 0 Å². The Hall–Kier alpha value is -1.28. The predicted octanol–water partition coefficient (Wildman–Crippen LogP) is 3.34. The quantitative estimate of drug-likeness (QED) is 0.863. The third-order valence-corrected chi connectivity index (χ3v) is 4.23. The number of rotatable bonds is 2. The van der Waals surface area contributed by atoms with Gasteiger partial charge in [-0.05, 0) is 37.5 Å². The summed E-state index contributed by atoms with van der Waals surface area (Å²) in [6, 6.07) is 4.42. The average molecular weight is 244 g/mol. The van der Waals surface area contributed by atoms with Crippen molar-refractivity contribution in [3.8, 4) is 0 Å². The maximum Gasteiger partial charge on any atom is 0.0515 e. The first-order valence-corrected chi connectivity index (χ1v) is 6.57. The number of hydrogen-bond acceptors (Lipinski definition) is 1. The van der Waals surface area contributed by atoms with Gasteiger partial charge in [0.1, 0.15) is 0 Å². The molecule has 1 aromatic heterocycles. The zero-order valence-electron chi connectivity index (χ0n) is 12.4. The summed E-state index contributed by atoms with van der Waals surface area (Å²) in [6.07, 6.45) is 0. The molecular formula is C16H24N2. The van der Waals surface area contributed by atoms with Crippen LogP contribution in [0.1, 0.15) is 36.2 Å². The molecule has 0 aliphatic rings. The molecular weight excluding hydrogens is 220 g/mol. The Morgan fingerprint density at radius 1 is 1.11 bits per heavy atom. The van der Waals surface area contributed by atoms with E-state index < -0.39 is 0 Å². The van der Waals surface area contributed by atoms with Crippen molar-refractivity contribution < 1.29 is 0 Å². The van der Waals surface area contributed by atoms with Crippen LogP contribution in [0.15, 0.2) is 12.1 Å². The lowest BCUT2D eigenvalue weighted by Crippen LogP contribution is -2.29. The van der Waals surface area contributed by atoms with Crippen LogP contribution in [0.5, 0.6) is 0 Å². The largest absolute Gasteiger partial charge is 0.347 e. The van der Waals surface area contributed by atoms with E-state index in [4.69, 9.17) is 5.73 Å². The SMILES string of the molecule is Cc1ccc(C)c2c1c(C(C)(C)CN)c(C)n2C. The number of hydrogen-bond donors (Lipinski definition) is 1. The molecule has 0 aliphatic heterocycles. The van der Waals surface area contributed by atoms with Crippen molar-refractivity contribution in [2.45, 2.75) is 40.0 Å². The second-order valence-electron chi connectivity index (χ2n) is 6.03. The summed E-state index contributed by atoms with van der Waals surface area (Å²) in [7, 11) is 2.15. The first-order valence-electron chi connectivity index (χ1n) is 6.57. The van der Waals surface area contributed by atoms with Gasteiger partial charge in [0.05, 0.1) is 5.52 Å². The monoisotopic (exact) mass is 244 g/mol. The first kappa shape index (κ1) is 13.2. The van der Waals surface area contributed by atoms with Gasteiger partial charge in [0.15, 0.2) is 0 Å². The fourth-order valence-corrected chi connectivity index (χ4v) is 2.99. The minimum Gasteiger partial charge on any atom is -0.347 e. The summed E-state index contributed by atoms with van der Waals surface area (Å²) in [5.74, 6) is 0. The Balaban J connectivity index is 2.99. The molecule has 2 heteroatoms. The van der Waals surface area contributed by atoms with E-state index in [1.165, 1.54) is 33.3 Å². The van der Waals surface area contributed by atoms with Crippen molar-refractivity contribution in [2.24, 2.45) is 12.8 Å². The number of nitrogens with two attached hydrogens (primary N) is 1. The van der Waals surface area contributed by atoms with E-state index in [1.807, 2.05) is 0 Å². The van der Waals surface area contributed by atoms with Gasteiger partial charge in [-0.15, -0.1) is 0 Å². The summed E-state index contributed by atoms with van der Waals surface area (Å²) in [4.78, 5) is 0. The van der Waals surface area contributed by atoms with Gasteiger partial charge in [-0.1, -0.05) is 26.0 Å². The molecule has 0 atom stereocenters. The van der Waals surface area contributed by atoms with Crippen LogP contribution in [0.25, 0.3) is 10.9 Å². The summed E-state index contributed by atoms with van der Waals surface area (Å²) < 4.78 is 2.31. The molecule has 0 unspecified atom stereocenters. The van der Waals surface area contributed by atoms with Crippen LogP contribution >= 0.6 is 0 Å². The van der Waals surface area contributed by atoms with E-state index in [2.05, 4.69) is 58.4 Å². The highest BCUT2D eigenvalue weighted by molar-refractivity contribution is 5.91. The van der Waals surface area contributed by atoms with Crippen molar-refractivity contribution >= 4 is 10.9 Å². The van der Waals surface area contributed by atoms with E-state index in [-0.39, 0.29) is 5.41 Å². The third kappa shape index (κ3) is 1.67. The summed E-state index contributed by atoms with van der Waals surface area (Å²) >= 11 is 0. The molecule has 2 aromatic rings. The molecule has 0 bridgehead atoms. The Kier molecular flexibility index (Phi) is 3.02. The molecule has 98 valence electrons. The van der Waals surface area contributed by atoms with Gasteiger partial charge in [0.25, 0.3) is 0 Å². The lowest BCUT2D eigenvalue weighted by Gasteiger charge is -2.24. The molecule has 0 saturated heterocycles. The number of aryl methyl sites for hydroxylation is 3. The first-order chi connectivity index (χ1) is 8.31. The zero-order chi connectivity index (χ0) is 13.7. The van der Waals surface area contributed by atoms with E-state index in [1.54, 1.807) is 0 Å². The lowest BCUT2D eigenvalue weighted by molar-refractivity contribution is 0.537. The predicted molar refractivity (Wildman–Crippen MR) is 79.2 cm³/mol. The van der Waals surface area contributed by atoms with E-state index in [0.29, 0.717) is 6.54 Å². The Morgan fingerprint density at radius 2 is 1.67 bits per heavy atom. The van der Waals surface area contributed by atoms with Crippen LogP contribution in [0.2, 0.25) is 0 Å². The van der Waals surface area contributed by atoms with Crippen LogP contribution in [-0.4, -0.2) is 11.1 Å².